The number of aromatic nitrogens is 3. The van der Waals surface area contributed by atoms with Gasteiger partial charge in [-0.2, -0.15) is 0 Å². The van der Waals surface area contributed by atoms with Crippen LogP contribution < -0.4 is 5.73 Å². The number of amides is 1. The highest BCUT2D eigenvalue weighted by Gasteiger charge is 2.07. The molecule has 0 bridgehead atoms. The number of rotatable bonds is 3. The molecule has 3 rings (SSSR count). The van der Waals surface area contributed by atoms with Gasteiger partial charge in [0.05, 0.1) is 5.69 Å². The molecule has 0 saturated heterocycles. The van der Waals surface area contributed by atoms with E-state index in [0.29, 0.717) is 17.0 Å². The summed E-state index contributed by atoms with van der Waals surface area (Å²) in [6.45, 7) is 0. The van der Waals surface area contributed by atoms with Crippen molar-refractivity contribution in [3.8, 4) is 11.3 Å². The zero-order valence-corrected chi connectivity index (χ0v) is 10.2. The fraction of sp³-hybridized carbons (Fsp3) is 0. The smallest absolute Gasteiger partial charge is 0.267 e. The average molecular weight is 267 g/mol. The summed E-state index contributed by atoms with van der Waals surface area (Å²) < 4.78 is 1.70. The third kappa shape index (κ3) is 2.01. The number of imidazole rings is 1. The summed E-state index contributed by atoms with van der Waals surface area (Å²) in [5.74, 6) is -0.576. The van der Waals surface area contributed by atoms with Crippen LogP contribution in [0.1, 0.15) is 10.5 Å². The molecule has 0 atom stereocenters. The first kappa shape index (κ1) is 12.0. The molecule has 3 heterocycles. The molecule has 20 heavy (non-hydrogen) atoms. The minimum absolute atomic E-state index is 0.199. The van der Waals surface area contributed by atoms with Gasteiger partial charge in [-0.1, -0.05) is 0 Å². The Kier molecular flexibility index (Phi) is 2.72. The van der Waals surface area contributed by atoms with Crippen molar-refractivity contribution in [1.29, 1.82) is 0 Å². The lowest BCUT2D eigenvalue weighted by atomic mass is 10.2. The van der Waals surface area contributed by atoms with Crippen LogP contribution >= 0.6 is 0 Å². The summed E-state index contributed by atoms with van der Waals surface area (Å²) in [6.07, 6.45) is 4.87. The monoisotopic (exact) mass is 267 g/mol. The molecule has 7 nitrogen and oxygen atoms in total. The van der Waals surface area contributed by atoms with Crippen LogP contribution in [0.4, 0.5) is 5.69 Å². The summed E-state index contributed by atoms with van der Waals surface area (Å²) >= 11 is 0. The summed E-state index contributed by atoms with van der Waals surface area (Å²) in [7, 11) is 0. The van der Waals surface area contributed by atoms with Crippen LogP contribution in [0.5, 0.6) is 0 Å². The van der Waals surface area contributed by atoms with E-state index in [2.05, 4.69) is 15.1 Å². The number of nitrogens with two attached hydrogens (primary N) is 1. The zero-order valence-electron chi connectivity index (χ0n) is 10.2. The highest BCUT2D eigenvalue weighted by molar-refractivity contribution is 5.91. The Morgan fingerprint density at radius 2 is 2.05 bits per heavy atom. The van der Waals surface area contributed by atoms with Gasteiger partial charge in [-0.3, -0.25) is 9.78 Å². The minimum Gasteiger partial charge on any atom is -0.364 e. The van der Waals surface area contributed by atoms with Crippen molar-refractivity contribution in [3.05, 3.63) is 53.5 Å². The Hall–Kier alpha value is -3.09. The molecule has 98 valence electrons. The van der Waals surface area contributed by atoms with Crippen molar-refractivity contribution in [2.45, 2.75) is 0 Å². The number of nitrogens with zero attached hydrogens (tertiary/aromatic N) is 4. The van der Waals surface area contributed by atoms with E-state index in [0.717, 1.165) is 5.56 Å². The Morgan fingerprint density at radius 1 is 1.20 bits per heavy atom. The number of carbonyl (C=O) groups is 1. The summed E-state index contributed by atoms with van der Waals surface area (Å²) in [5.41, 5.74) is 7.77. The van der Waals surface area contributed by atoms with Crippen molar-refractivity contribution >= 4 is 17.2 Å². The first-order chi connectivity index (χ1) is 9.67. The zero-order chi connectivity index (χ0) is 14.1. The largest absolute Gasteiger partial charge is 0.364 e. The fourth-order valence-electron chi connectivity index (χ4n) is 1.86. The van der Waals surface area contributed by atoms with Crippen molar-refractivity contribution in [2.24, 2.45) is 10.9 Å². The Morgan fingerprint density at radius 3 is 2.70 bits per heavy atom. The molecule has 1 amide bonds. The Balaban J connectivity index is 2.05. The Bertz CT molecular complexity index is 807. The topological polar surface area (TPSA) is 103 Å². The molecule has 3 aromatic heterocycles. The number of primary amides is 1. The molecule has 0 aliphatic carbocycles. The third-order valence-electron chi connectivity index (χ3n) is 2.85. The molecule has 0 aromatic carbocycles. The molecule has 0 fully saturated rings. The maximum absolute atomic E-state index is 11.0. The second-order valence-corrected chi connectivity index (χ2v) is 4.17. The predicted molar refractivity (Wildman–Crippen MR) is 72.4 cm³/mol. The van der Waals surface area contributed by atoms with Gasteiger partial charge in [0, 0.05) is 24.2 Å². The van der Waals surface area contributed by atoms with Gasteiger partial charge >= 0.3 is 0 Å². The number of nitroso groups, excluding NO2 is 1. The molecule has 0 saturated carbocycles. The lowest BCUT2D eigenvalue weighted by molar-refractivity contribution is 0.0995. The van der Waals surface area contributed by atoms with Crippen LogP contribution in [0.3, 0.4) is 0 Å². The molecule has 0 radical (unpaired) electrons. The van der Waals surface area contributed by atoms with E-state index in [9.17, 15) is 9.70 Å². The fourth-order valence-corrected chi connectivity index (χ4v) is 1.86. The van der Waals surface area contributed by atoms with Crippen LogP contribution in [0, 0.1) is 4.91 Å². The Labute approximate surface area is 113 Å². The van der Waals surface area contributed by atoms with Crippen molar-refractivity contribution < 1.29 is 4.79 Å². The van der Waals surface area contributed by atoms with Crippen LogP contribution in [0.25, 0.3) is 16.9 Å². The molecule has 3 aromatic rings. The van der Waals surface area contributed by atoms with Gasteiger partial charge in [-0.05, 0) is 29.4 Å². The highest BCUT2D eigenvalue weighted by atomic mass is 16.3. The maximum Gasteiger partial charge on any atom is 0.267 e. The molecule has 0 aliphatic rings. The van der Waals surface area contributed by atoms with Crippen LogP contribution in [-0.2, 0) is 0 Å². The maximum atomic E-state index is 11.0. The number of carbonyl (C=O) groups excluding carboxylic acids is 1. The van der Waals surface area contributed by atoms with Gasteiger partial charge in [0.1, 0.15) is 17.0 Å². The molecule has 0 spiro atoms. The lowest BCUT2D eigenvalue weighted by Crippen LogP contribution is -2.12. The third-order valence-corrected chi connectivity index (χ3v) is 2.85. The quantitative estimate of drug-likeness (QED) is 0.732. The summed E-state index contributed by atoms with van der Waals surface area (Å²) in [6, 6.07) is 6.55. The SMILES string of the molecule is NC(=O)c1ccc(-c2cn3cc(N=O)ccc3n2)cn1. The van der Waals surface area contributed by atoms with Crippen molar-refractivity contribution in [1.82, 2.24) is 14.4 Å². The second kappa shape index (κ2) is 4.54. The van der Waals surface area contributed by atoms with Gasteiger partial charge in [0.15, 0.2) is 0 Å². The summed E-state index contributed by atoms with van der Waals surface area (Å²) in [5, 5.41) is 2.87. The number of hydrogen-bond donors (Lipinski definition) is 1. The lowest BCUT2D eigenvalue weighted by Gasteiger charge is -1.97. The van der Waals surface area contributed by atoms with Gasteiger partial charge in [-0.25, -0.2) is 4.98 Å². The molecule has 0 unspecified atom stereocenters. The van der Waals surface area contributed by atoms with E-state index in [-0.39, 0.29) is 5.69 Å². The van der Waals surface area contributed by atoms with E-state index < -0.39 is 5.91 Å². The van der Waals surface area contributed by atoms with E-state index in [4.69, 9.17) is 5.73 Å². The van der Waals surface area contributed by atoms with E-state index in [1.165, 1.54) is 6.20 Å². The average Bonchev–Trinajstić information content (AvgIpc) is 2.90. The standard InChI is InChI=1S/C13H9N5O2/c14-13(19)10-3-1-8(5-15-10)11-7-18-6-9(17-20)2-4-12(18)16-11/h1-7H,(H2,14,19). The van der Waals surface area contributed by atoms with Gasteiger partial charge in [0.2, 0.25) is 0 Å². The molecule has 2 N–H and O–H groups in total. The first-order valence-electron chi connectivity index (χ1n) is 5.76. The van der Waals surface area contributed by atoms with Crippen LogP contribution in [-0.4, -0.2) is 20.3 Å². The first-order valence-corrected chi connectivity index (χ1v) is 5.76. The number of hydrogen-bond acceptors (Lipinski definition) is 5. The summed E-state index contributed by atoms with van der Waals surface area (Å²) in [4.78, 5) is 29.8. The van der Waals surface area contributed by atoms with Gasteiger partial charge in [-0.15, -0.1) is 4.91 Å². The van der Waals surface area contributed by atoms with Crippen LogP contribution in [0.2, 0.25) is 0 Å². The van der Waals surface area contributed by atoms with Gasteiger partial charge < -0.3 is 10.1 Å². The molecular weight excluding hydrogens is 258 g/mol. The van der Waals surface area contributed by atoms with Crippen LogP contribution in [0.15, 0.2) is 48.0 Å². The number of fused-ring (bicyclic) bond motifs is 1. The highest BCUT2D eigenvalue weighted by Crippen LogP contribution is 2.20. The molecule has 0 aliphatic heterocycles. The van der Waals surface area contributed by atoms with Crippen molar-refractivity contribution in [2.75, 3.05) is 0 Å². The molecular formula is C13H9N5O2. The molecule has 7 heteroatoms. The van der Waals surface area contributed by atoms with E-state index in [1.807, 2.05) is 0 Å². The van der Waals surface area contributed by atoms with Crippen molar-refractivity contribution in [3.63, 3.8) is 0 Å². The van der Waals surface area contributed by atoms with Gasteiger partial charge in [0.25, 0.3) is 5.91 Å². The predicted octanol–water partition coefficient (Wildman–Crippen LogP) is 1.89. The number of pyridine rings is 2. The second-order valence-electron chi connectivity index (χ2n) is 4.17. The minimum atomic E-state index is -0.576. The normalized spacial score (nSPS) is 10.6. The van der Waals surface area contributed by atoms with E-state index in [1.54, 1.807) is 41.1 Å². The van der Waals surface area contributed by atoms with E-state index >= 15 is 0 Å².